The Morgan fingerprint density at radius 1 is 1.17 bits per heavy atom. The van der Waals surface area contributed by atoms with Gasteiger partial charge in [-0.2, -0.15) is 0 Å². The maximum absolute atomic E-state index is 12.3. The first-order valence-corrected chi connectivity index (χ1v) is 8.07. The van der Waals surface area contributed by atoms with E-state index in [9.17, 15) is 14.4 Å². The van der Waals surface area contributed by atoms with Crippen LogP contribution in [-0.2, 0) is 14.4 Å². The zero-order valence-corrected chi connectivity index (χ0v) is 14.8. The average molecular weight is 353 g/mol. The molecule has 1 fully saturated rings. The van der Waals surface area contributed by atoms with Gasteiger partial charge in [-0.15, -0.1) is 0 Å². The molecule has 0 radical (unpaired) electrons. The van der Waals surface area contributed by atoms with Gasteiger partial charge in [0.05, 0.1) is 22.5 Å². The molecule has 0 aliphatic heterocycles. The maximum atomic E-state index is 12.3. The summed E-state index contributed by atoms with van der Waals surface area (Å²) in [7, 11) is 0. The lowest BCUT2D eigenvalue weighted by atomic mass is 10.1. The number of amides is 2. The topological polar surface area (TPSA) is 95.5 Å². The number of rotatable bonds is 5. The van der Waals surface area contributed by atoms with E-state index in [1.54, 1.807) is 39.8 Å². The highest BCUT2D eigenvalue weighted by Crippen LogP contribution is 2.58. The fourth-order valence-electron chi connectivity index (χ4n) is 2.78. The number of benzene rings is 1. The van der Waals surface area contributed by atoms with E-state index in [4.69, 9.17) is 16.7 Å². The van der Waals surface area contributed by atoms with Crippen LogP contribution in [0.4, 0.5) is 11.4 Å². The van der Waals surface area contributed by atoms with Gasteiger partial charge in [0.2, 0.25) is 11.8 Å². The highest BCUT2D eigenvalue weighted by Gasteiger charge is 2.65. The van der Waals surface area contributed by atoms with Gasteiger partial charge in [-0.05, 0) is 23.6 Å². The molecule has 1 aromatic carbocycles. The van der Waals surface area contributed by atoms with Crippen LogP contribution >= 0.6 is 11.6 Å². The molecule has 0 aromatic heterocycles. The van der Waals surface area contributed by atoms with Crippen LogP contribution in [0.2, 0.25) is 5.02 Å². The van der Waals surface area contributed by atoms with Gasteiger partial charge in [0, 0.05) is 11.6 Å². The highest BCUT2D eigenvalue weighted by atomic mass is 35.5. The molecule has 0 spiro atoms. The molecule has 2 rings (SSSR count). The Morgan fingerprint density at radius 3 is 2.25 bits per heavy atom. The Kier molecular flexibility index (Phi) is 4.90. The number of aliphatic carboxylic acids is 1. The van der Waals surface area contributed by atoms with E-state index in [1.807, 2.05) is 0 Å². The Hall–Kier alpha value is -2.08. The minimum Gasteiger partial charge on any atom is -0.481 e. The molecule has 0 unspecified atom stereocenters. The van der Waals surface area contributed by atoms with Crippen molar-refractivity contribution in [3.05, 3.63) is 23.2 Å². The van der Waals surface area contributed by atoms with Crippen LogP contribution in [0.25, 0.3) is 0 Å². The van der Waals surface area contributed by atoms with Crippen molar-refractivity contribution in [3.63, 3.8) is 0 Å². The molecule has 130 valence electrons. The van der Waals surface area contributed by atoms with Crippen molar-refractivity contribution in [1.29, 1.82) is 0 Å². The van der Waals surface area contributed by atoms with Gasteiger partial charge in [0.1, 0.15) is 0 Å². The van der Waals surface area contributed by atoms with E-state index < -0.39 is 23.2 Å². The van der Waals surface area contributed by atoms with Gasteiger partial charge < -0.3 is 15.7 Å². The van der Waals surface area contributed by atoms with Gasteiger partial charge in [0.25, 0.3) is 0 Å². The van der Waals surface area contributed by atoms with Crippen LogP contribution in [0.1, 0.15) is 27.7 Å². The summed E-state index contributed by atoms with van der Waals surface area (Å²) in [5.74, 6) is -2.90. The quantitative estimate of drug-likeness (QED) is 0.758. The molecule has 1 saturated carbocycles. The number of hydrogen-bond acceptors (Lipinski definition) is 3. The second-order valence-electron chi connectivity index (χ2n) is 6.94. The van der Waals surface area contributed by atoms with Crippen LogP contribution in [-0.4, -0.2) is 22.9 Å². The first kappa shape index (κ1) is 18.3. The predicted molar refractivity (Wildman–Crippen MR) is 91.9 cm³/mol. The van der Waals surface area contributed by atoms with E-state index in [0.29, 0.717) is 16.4 Å². The molecular formula is C17H21ClN2O4. The SMILES string of the molecule is CC(C)C(=O)Nc1ccc(NC(=O)[C@H]2[C@@H](C(=O)O)C2(C)C)cc1Cl. The first-order valence-electron chi connectivity index (χ1n) is 7.69. The number of anilines is 2. The minimum absolute atomic E-state index is 0.155. The van der Waals surface area contributed by atoms with Gasteiger partial charge >= 0.3 is 5.97 Å². The lowest BCUT2D eigenvalue weighted by Crippen LogP contribution is -2.19. The summed E-state index contributed by atoms with van der Waals surface area (Å²) in [6.45, 7) is 7.06. The minimum atomic E-state index is -0.968. The number of carbonyl (C=O) groups excluding carboxylic acids is 2. The van der Waals surface area contributed by atoms with E-state index in [1.165, 1.54) is 6.07 Å². The Bertz CT molecular complexity index is 700. The normalized spacial score (nSPS) is 21.2. The molecular weight excluding hydrogens is 332 g/mol. The largest absolute Gasteiger partial charge is 0.481 e. The molecule has 24 heavy (non-hydrogen) atoms. The van der Waals surface area contributed by atoms with E-state index in [2.05, 4.69) is 10.6 Å². The third-order valence-corrected chi connectivity index (χ3v) is 4.71. The summed E-state index contributed by atoms with van der Waals surface area (Å²) in [6, 6.07) is 4.75. The summed E-state index contributed by atoms with van der Waals surface area (Å²) >= 11 is 6.13. The summed E-state index contributed by atoms with van der Waals surface area (Å²) in [5, 5.41) is 14.8. The third-order valence-electron chi connectivity index (χ3n) is 4.39. The van der Waals surface area contributed by atoms with Crippen LogP contribution in [0, 0.1) is 23.2 Å². The van der Waals surface area contributed by atoms with Crippen LogP contribution in [0.5, 0.6) is 0 Å². The molecule has 0 saturated heterocycles. The molecule has 2 atom stereocenters. The molecule has 2 amide bonds. The molecule has 0 heterocycles. The van der Waals surface area contributed by atoms with Crippen LogP contribution in [0.3, 0.4) is 0 Å². The molecule has 0 bridgehead atoms. The van der Waals surface area contributed by atoms with E-state index in [0.717, 1.165) is 0 Å². The lowest BCUT2D eigenvalue weighted by Gasteiger charge is -2.11. The van der Waals surface area contributed by atoms with Crippen molar-refractivity contribution in [2.75, 3.05) is 10.6 Å². The smallest absolute Gasteiger partial charge is 0.307 e. The molecule has 7 heteroatoms. The number of carboxylic acids is 1. The van der Waals surface area contributed by atoms with Crippen LogP contribution < -0.4 is 10.6 Å². The van der Waals surface area contributed by atoms with Gasteiger partial charge in [-0.3, -0.25) is 14.4 Å². The molecule has 3 N–H and O–H groups in total. The van der Waals surface area contributed by atoms with E-state index in [-0.39, 0.29) is 17.7 Å². The van der Waals surface area contributed by atoms with Crippen molar-refractivity contribution in [3.8, 4) is 0 Å². The fourth-order valence-corrected chi connectivity index (χ4v) is 3.01. The van der Waals surface area contributed by atoms with Crippen molar-refractivity contribution in [2.45, 2.75) is 27.7 Å². The zero-order valence-electron chi connectivity index (χ0n) is 14.0. The van der Waals surface area contributed by atoms with Crippen LogP contribution in [0.15, 0.2) is 18.2 Å². The Balaban J connectivity index is 2.07. The number of hydrogen-bond donors (Lipinski definition) is 3. The Labute approximate surface area is 145 Å². The highest BCUT2D eigenvalue weighted by molar-refractivity contribution is 6.34. The Morgan fingerprint density at radius 2 is 1.79 bits per heavy atom. The van der Waals surface area contributed by atoms with Crippen molar-refractivity contribution in [2.24, 2.45) is 23.2 Å². The molecule has 1 aliphatic rings. The predicted octanol–water partition coefficient (Wildman–Crippen LogP) is 3.23. The third kappa shape index (κ3) is 3.53. The summed E-state index contributed by atoms with van der Waals surface area (Å²) in [6.07, 6.45) is 0. The maximum Gasteiger partial charge on any atom is 0.307 e. The second-order valence-corrected chi connectivity index (χ2v) is 7.35. The van der Waals surface area contributed by atoms with Crippen molar-refractivity contribution >= 4 is 40.8 Å². The molecule has 6 nitrogen and oxygen atoms in total. The van der Waals surface area contributed by atoms with Crippen molar-refractivity contribution < 1.29 is 19.5 Å². The number of carboxylic acid groups (broad SMARTS) is 1. The molecule has 1 aliphatic carbocycles. The van der Waals surface area contributed by atoms with E-state index >= 15 is 0 Å². The van der Waals surface area contributed by atoms with Gasteiger partial charge in [-0.1, -0.05) is 39.3 Å². The summed E-state index contributed by atoms with van der Waals surface area (Å²) < 4.78 is 0. The zero-order chi connectivity index (χ0) is 18.2. The molecule has 1 aromatic rings. The number of halogens is 1. The lowest BCUT2D eigenvalue weighted by molar-refractivity contribution is -0.140. The average Bonchev–Trinajstić information content (AvgIpc) is 3.04. The first-order chi connectivity index (χ1) is 11.1. The number of carbonyl (C=O) groups is 3. The second kappa shape index (κ2) is 6.43. The van der Waals surface area contributed by atoms with Gasteiger partial charge in [0.15, 0.2) is 0 Å². The summed E-state index contributed by atoms with van der Waals surface area (Å²) in [5.41, 5.74) is 0.355. The standard InChI is InChI=1S/C17H21ClN2O4/c1-8(2)14(21)20-11-6-5-9(7-10(11)18)19-15(22)12-13(16(23)24)17(12,3)4/h5-8,12-13H,1-4H3,(H,19,22)(H,20,21)(H,23,24)/t12-,13+/m1/s1. The number of nitrogens with one attached hydrogen (secondary N) is 2. The van der Waals surface area contributed by atoms with Crippen molar-refractivity contribution in [1.82, 2.24) is 0 Å². The fraction of sp³-hybridized carbons (Fsp3) is 0.471. The summed E-state index contributed by atoms with van der Waals surface area (Å²) in [4.78, 5) is 35.1. The van der Waals surface area contributed by atoms with Gasteiger partial charge in [-0.25, -0.2) is 0 Å². The monoisotopic (exact) mass is 352 g/mol.